The summed E-state index contributed by atoms with van der Waals surface area (Å²) in [6.07, 6.45) is 8.98. The second-order valence-electron chi connectivity index (χ2n) is 9.50. The van der Waals surface area contributed by atoms with E-state index in [2.05, 4.69) is 5.92 Å². The third-order valence-corrected chi connectivity index (χ3v) is 8.26. The van der Waals surface area contributed by atoms with Crippen molar-refractivity contribution in [3.8, 4) is 18.1 Å². The molecule has 1 aliphatic rings. The maximum atomic E-state index is 14.1. The first-order chi connectivity index (χ1) is 19.3. The molecular formula is C32H28N2O4S2. The molecule has 0 fully saturated rings. The van der Waals surface area contributed by atoms with E-state index >= 15 is 0 Å². The van der Waals surface area contributed by atoms with Crippen LogP contribution in [0.4, 0.5) is 0 Å². The van der Waals surface area contributed by atoms with Gasteiger partial charge in [0.2, 0.25) is 0 Å². The molecule has 1 atom stereocenters. The highest BCUT2D eigenvalue weighted by molar-refractivity contribution is 7.98. The van der Waals surface area contributed by atoms with Crippen LogP contribution in [0.3, 0.4) is 0 Å². The summed E-state index contributed by atoms with van der Waals surface area (Å²) in [6.45, 7) is 5.49. The Morgan fingerprint density at radius 3 is 2.62 bits per heavy atom. The Kier molecular flexibility index (Phi) is 7.97. The second-order valence-corrected chi connectivity index (χ2v) is 11.4. The Labute approximate surface area is 240 Å². The van der Waals surface area contributed by atoms with Crippen LogP contribution in [0.25, 0.3) is 16.8 Å². The quantitative estimate of drug-likeness (QED) is 0.177. The van der Waals surface area contributed by atoms with Crippen molar-refractivity contribution in [2.45, 2.75) is 37.8 Å². The average molecular weight is 569 g/mol. The van der Waals surface area contributed by atoms with Crippen LogP contribution in [0, 0.1) is 12.3 Å². The largest absolute Gasteiger partial charge is 0.480 e. The summed E-state index contributed by atoms with van der Waals surface area (Å²) in [4.78, 5) is 33.7. The van der Waals surface area contributed by atoms with Crippen LogP contribution in [0.2, 0.25) is 0 Å². The molecule has 0 saturated heterocycles. The van der Waals surface area contributed by atoms with Gasteiger partial charge >= 0.3 is 5.97 Å². The van der Waals surface area contributed by atoms with Gasteiger partial charge in [0.05, 0.1) is 27.9 Å². The highest BCUT2D eigenvalue weighted by Gasteiger charge is 2.33. The number of carbonyl (C=O) groups is 1. The van der Waals surface area contributed by atoms with Crippen LogP contribution in [-0.2, 0) is 9.53 Å². The maximum absolute atomic E-state index is 14.1. The molecule has 202 valence electrons. The van der Waals surface area contributed by atoms with Crippen molar-refractivity contribution < 1.29 is 14.3 Å². The van der Waals surface area contributed by atoms with Crippen molar-refractivity contribution in [3.05, 3.63) is 103 Å². The number of fused-ring (bicyclic) bond motifs is 2. The molecule has 6 nitrogen and oxygen atoms in total. The molecule has 0 spiro atoms. The summed E-state index contributed by atoms with van der Waals surface area (Å²) >= 11 is 2.90. The third kappa shape index (κ3) is 5.23. The number of thiazole rings is 1. The Hall–Kier alpha value is -4.06. The highest BCUT2D eigenvalue weighted by Crippen LogP contribution is 2.32. The minimum Gasteiger partial charge on any atom is -0.480 e. The molecule has 1 aliphatic heterocycles. The fourth-order valence-corrected chi connectivity index (χ4v) is 6.20. The molecule has 0 N–H and O–H groups in total. The predicted molar refractivity (Wildman–Crippen MR) is 161 cm³/mol. The minimum absolute atomic E-state index is 0.104. The van der Waals surface area contributed by atoms with Gasteiger partial charge in [0.25, 0.3) is 5.56 Å². The summed E-state index contributed by atoms with van der Waals surface area (Å²) in [5.41, 5.74) is 2.20. The zero-order valence-corrected chi connectivity index (χ0v) is 24.3. The van der Waals surface area contributed by atoms with Gasteiger partial charge in [-0.3, -0.25) is 9.36 Å². The summed E-state index contributed by atoms with van der Waals surface area (Å²) in [5, 5.41) is 1.94. The molecule has 3 aromatic carbocycles. The second kappa shape index (κ2) is 11.6. The van der Waals surface area contributed by atoms with E-state index in [-0.39, 0.29) is 18.3 Å². The zero-order chi connectivity index (χ0) is 28.4. The monoisotopic (exact) mass is 568 g/mol. The number of aromatic nitrogens is 1. The van der Waals surface area contributed by atoms with Crippen LogP contribution < -0.4 is 19.6 Å². The molecule has 0 bridgehead atoms. The standard InChI is InChI=1S/C32H28N2O4S2/c1-6-17-37-26-16-13-21-9-7-8-10-24(21)25(26)18-27-30(35)34-29(22-11-14-23(39-5)15-12-22)28(31(36)38-19(2)3)20(4)33-32(34)40-27/h1,7-16,18-19,29H,17H2,2-5H3/b27-18-/t29-/m0/s1. The molecule has 5 rings (SSSR count). The van der Waals surface area contributed by atoms with E-state index in [9.17, 15) is 9.59 Å². The van der Waals surface area contributed by atoms with Gasteiger partial charge in [-0.05, 0) is 67.6 Å². The summed E-state index contributed by atoms with van der Waals surface area (Å²) in [5.74, 6) is 2.61. The van der Waals surface area contributed by atoms with Gasteiger partial charge in [-0.2, -0.15) is 0 Å². The van der Waals surface area contributed by atoms with Crippen molar-refractivity contribution in [3.63, 3.8) is 0 Å². The number of thioether (sulfide) groups is 1. The first-order valence-corrected chi connectivity index (χ1v) is 14.8. The molecule has 2 heterocycles. The number of terminal acetylenes is 1. The van der Waals surface area contributed by atoms with E-state index < -0.39 is 12.0 Å². The molecule has 4 aromatic rings. The number of rotatable bonds is 7. The third-order valence-electron chi connectivity index (χ3n) is 6.53. The van der Waals surface area contributed by atoms with Gasteiger partial charge in [0.1, 0.15) is 12.4 Å². The Morgan fingerprint density at radius 1 is 1.18 bits per heavy atom. The molecule has 8 heteroatoms. The van der Waals surface area contributed by atoms with Crippen molar-refractivity contribution in [2.24, 2.45) is 4.99 Å². The summed E-state index contributed by atoms with van der Waals surface area (Å²) < 4.78 is 13.5. The van der Waals surface area contributed by atoms with Gasteiger partial charge in [-0.1, -0.05) is 59.7 Å². The number of hydrogen-bond donors (Lipinski definition) is 0. The number of hydrogen-bond acceptors (Lipinski definition) is 7. The number of benzene rings is 3. The van der Waals surface area contributed by atoms with Crippen LogP contribution in [0.15, 0.2) is 86.6 Å². The predicted octanol–water partition coefficient (Wildman–Crippen LogP) is 5.07. The molecular weight excluding hydrogens is 540 g/mol. The van der Waals surface area contributed by atoms with E-state index in [1.54, 1.807) is 37.1 Å². The topological polar surface area (TPSA) is 69.9 Å². The average Bonchev–Trinajstić information content (AvgIpc) is 3.25. The molecule has 0 amide bonds. The summed E-state index contributed by atoms with van der Waals surface area (Å²) in [7, 11) is 0. The van der Waals surface area contributed by atoms with Crippen molar-refractivity contribution in [1.29, 1.82) is 0 Å². The number of esters is 1. The number of ether oxygens (including phenoxy) is 2. The fourth-order valence-electron chi connectivity index (χ4n) is 4.76. The van der Waals surface area contributed by atoms with E-state index in [4.69, 9.17) is 20.9 Å². The Morgan fingerprint density at radius 2 is 1.93 bits per heavy atom. The maximum Gasteiger partial charge on any atom is 0.338 e. The molecule has 0 aliphatic carbocycles. The molecule has 0 unspecified atom stereocenters. The molecule has 0 saturated carbocycles. The first-order valence-electron chi connectivity index (χ1n) is 12.8. The van der Waals surface area contributed by atoms with E-state index in [0.29, 0.717) is 26.4 Å². The SMILES string of the molecule is C#CCOc1ccc2ccccc2c1/C=c1\sc2n(c1=O)[C@@H](c1ccc(SC)cc1)C(C(=O)OC(C)C)=C(C)N=2. The molecule has 1 aromatic heterocycles. The Balaban J connectivity index is 1.75. The van der Waals surface area contributed by atoms with Gasteiger partial charge in [0.15, 0.2) is 4.80 Å². The summed E-state index contributed by atoms with van der Waals surface area (Å²) in [6, 6.07) is 18.9. The van der Waals surface area contributed by atoms with Crippen molar-refractivity contribution in [2.75, 3.05) is 12.9 Å². The molecule has 0 radical (unpaired) electrons. The van der Waals surface area contributed by atoms with Crippen molar-refractivity contribution >= 4 is 45.9 Å². The zero-order valence-electron chi connectivity index (χ0n) is 22.6. The van der Waals surface area contributed by atoms with Gasteiger partial charge in [-0.15, -0.1) is 18.2 Å². The number of nitrogens with zero attached hydrogens (tertiary/aromatic N) is 2. The number of allylic oxidation sites excluding steroid dienone is 1. The highest BCUT2D eigenvalue weighted by atomic mass is 32.2. The minimum atomic E-state index is -0.676. The van der Waals surface area contributed by atoms with E-state index in [1.165, 1.54) is 11.3 Å². The fraction of sp³-hybridized carbons (Fsp3) is 0.219. The number of carbonyl (C=O) groups excluding carboxylic acids is 1. The van der Waals surface area contributed by atoms with Gasteiger partial charge in [-0.25, -0.2) is 9.79 Å². The lowest BCUT2D eigenvalue weighted by atomic mass is 9.96. The molecule has 40 heavy (non-hydrogen) atoms. The lowest BCUT2D eigenvalue weighted by Crippen LogP contribution is -2.40. The van der Waals surface area contributed by atoms with Gasteiger partial charge in [0, 0.05) is 10.5 Å². The van der Waals surface area contributed by atoms with E-state index in [1.807, 2.05) is 73.0 Å². The van der Waals surface area contributed by atoms with Crippen LogP contribution in [0.5, 0.6) is 5.75 Å². The lowest BCUT2D eigenvalue weighted by molar-refractivity contribution is -0.143. The van der Waals surface area contributed by atoms with Crippen LogP contribution in [-0.4, -0.2) is 29.5 Å². The first kappa shape index (κ1) is 27.5. The van der Waals surface area contributed by atoms with Crippen molar-refractivity contribution in [1.82, 2.24) is 4.57 Å². The van der Waals surface area contributed by atoms with Crippen LogP contribution >= 0.6 is 23.1 Å². The normalized spacial score (nSPS) is 15.1. The lowest BCUT2D eigenvalue weighted by Gasteiger charge is -2.25. The van der Waals surface area contributed by atoms with Crippen LogP contribution in [0.1, 0.15) is 37.9 Å². The Bertz CT molecular complexity index is 1860. The smallest absolute Gasteiger partial charge is 0.338 e. The van der Waals surface area contributed by atoms with E-state index in [0.717, 1.165) is 26.8 Å². The van der Waals surface area contributed by atoms with Gasteiger partial charge < -0.3 is 9.47 Å².